The minimum absolute atomic E-state index is 0.0587. The van der Waals surface area contributed by atoms with Crippen molar-refractivity contribution in [1.29, 1.82) is 0 Å². The van der Waals surface area contributed by atoms with Gasteiger partial charge >= 0.3 is 0 Å². The second-order valence-corrected chi connectivity index (χ2v) is 9.41. The lowest BCUT2D eigenvalue weighted by molar-refractivity contribution is -0.115. The van der Waals surface area contributed by atoms with Crippen molar-refractivity contribution in [1.82, 2.24) is 0 Å². The van der Waals surface area contributed by atoms with E-state index in [1.807, 2.05) is 0 Å². The van der Waals surface area contributed by atoms with Crippen LogP contribution in [-0.4, -0.2) is 26.9 Å². The van der Waals surface area contributed by atoms with Gasteiger partial charge in [-0.1, -0.05) is 42.7 Å². The number of benzene rings is 1. The lowest BCUT2D eigenvalue weighted by Gasteiger charge is -2.34. The van der Waals surface area contributed by atoms with Crippen LogP contribution in [-0.2, 0) is 28.8 Å². The molecule has 1 fully saturated rings. The zero-order chi connectivity index (χ0) is 18.8. The van der Waals surface area contributed by atoms with Crippen LogP contribution in [0.1, 0.15) is 61.8 Å². The third-order valence-electron chi connectivity index (χ3n) is 5.94. The van der Waals surface area contributed by atoms with Gasteiger partial charge in [0.25, 0.3) is 0 Å². The third-order valence-corrected chi connectivity index (χ3v) is 7.49. The number of carbonyl (C=O) groups is 1. The molecule has 142 valence electrons. The fourth-order valence-electron chi connectivity index (χ4n) is 4.65. The highest BCUT2D eigenvalue weighted by Crippen LogP contribution is 2.40. The summed E-state index contributed by atoms with van der Waals surface area (Å²) in [5, 5.41) is 10.9. The van der Waals surface area contributed by atoms with Crippen LogP contribution in [0.5, 0.6) is 0 Å². The number of allylic oxidation sites excluding steroid dienone is 2. The van der Waals surface area contributed by atoms with E-state index >= 15 is 0 Å². The summed E-state index contributed by atoms with van der Waals surface area (Å²) in [6.45, 7) is 6.28. The zero-order valence-corrected chi connectivity index (χ0v) is 17.0. The molecule has 3 atom stereocenters. The van der Waals surface area contributed by atoms with E-state index in [1.165, 1.54) is 5.56 Å². The van der Waals surface area contributed by atoms with Crippen LogP contribution < -0.4 is 0 Å². The Hall–Kier alpha value is -1.26. The predicted octanol–water partition coefficient (Wildman–Crippen LogP) is 4.53. The molecule has 0 saturated carbocycles. The maximum Gasteiger partial charge on any atom is 0.167 e. The molecule has 1 aromatic carbocycles. The second-order valence-electron chi connectivity index (χ2n) is 7.79. The maximum absolute atomic E-state index is 13.1. The molecule has 4 heteroatoms. The molecule has 0 aromatic heterocycles. The fourth-order valence-corrected chi connectivity index (χ4v) is 6.22. The summed E-state index contributed by atoms with van der Waals surface area (Å²) in [4.78, 5) is 13.1. The van der Waals surface area contributed by atoms with Crippen molar-refractivity contribution >= 4 is 22.5 Å². The summed E-state index contributed by atoms with van der Waals surface area (Å²) in [6.07, 6.45) is 4.71. The molecule has 0 spiro atoms. The van der Waals surface area contributed by atoms with Crippen LogP contribution in [0.3, 0.4) is 0 Å². The summed E-state index contributed by atoms with van der Waals surface area (Å²) in [7, 11) is 0. The van der Waals surface area contributed by atoms with Gasteiger partial charge in [-0.25, -0.2) is 0 Å². The molecular formula is C22H30O3S. The van der Waals surface area contributed by atoms with Gasteiger partial charge in [0.2, 0.25) is 0 Å². The Kier molecular flexibility index (Phi) is 6.13. The minimum Gasteiger partial charge on any atom is -0.616 e. The molecule has 3 nitrogen and oxygen atoms in total. The molecule has 2 aliphatic rings. The Morgan fingerprint density at radius 2 is 1.81 bits per heavy atom. The minimum atomic E-state index is -0.761. The Morgan fingerprint density at radius 3 is 2.35 bits per heavy atom. The van der Waals surface area contributed by atoms with Gasteiger partial charge in [-0.3, -0.25) is 4.79 Å². The molecule has 0 radical (unpaired) electrons. The van der Waals surface area contributed by atoms with Crippen molar-refractivity contribution in [3.05, 3.63) is 40.1 Å². The van der Waals surface area contributed by atoms with Crippen molar-refractivity contribution in [2.24, 2.45) is 11.8 Å². The number of ketones is 1. The van der Waals surface area contributed by atoms with Crippen LogP contribution >= 0.6 is 0 Å². The van der Waals surface area contributed by atoms with Gasteiger partial charge < -0.3 is 9.66 Å². The van der Waals surface area contributed by atoms with Gasteiger partial charge in [-0.15, -0.1) is 0 Å². The van der Waals surface area contributed by atoms with E-state index in [4.69, 9.17) is 0 Å². The highest BCUT2D eigenvalue weighted by atomic mass is 32.2. The summed E-state index contributed by atoms with van der Waals surface area (Å²) in [5.41, 5.74) is 5.01. The number of carbonyl (C=O) groups excluding carboxylic acids is 1. The standard InChI is InChI=1S/C22H30O3S/c1-4-15-9-14(3)10-16(5-2)21(15)22-19(23)11-18(12-20(22)24)17-7-6-8-26(25)13-17/h9-10,17-18,23H,4-8,11-13H2,1-3H3. The van der Waals surface area contributed by atoms with Gasteiger partial charge in [0, 0.05) is 18.8 Å². The Morgan fingerprint density at radius 1 is 1.15 bits per heavy atom. The highest BCUT2D eigenvalue weighted by Gasteiger charge is 2.37. The van der Waals surface area contributed by atoms with Gasteiger partial charge in [-0.05, 0) is 55.2 Å². The summed E-state index contributed by atoms with van der Waals surface area (Å²) < 4.78 is 11.9. The number of aliphatic hydroxyl groups excluding tert-OH is 1. The van der Waals surface area contributed by atoms with Crippen molar-refractivity contribution < 1.29 is 14.5 Å². The molecule has 1 aliphatic carbocycles. The average molecular weight is 375 g/mol. The molecule has 0 bridgehead atoms. The number of hydrogen-bond donors (Lipinski definition) is 1. The zero-order valence-electron chi connectivity index (χ0n) is 16.1. The maximum atomic E-state index is 13.1. The van der Waals surface area contributed by atoms with Gasteiger partial charge in [0.15, 0.2) is 5.78 Å². The third kappa shape index (κ3) is 3.86. The normalized spacial score (nSPS) is 27.1. The van der Waals surface area contributed by atoms with Crippen molar-refractivity contribution in [2.75, 3.05) is 11.5 Å². The monoisotopic (exact) mass is 374 g/mol. The lowest BCUT2D eigenvalue weighted by atomic mass is 9.75. The van der Waals surface area contributed by atoms with Gasteiger partial charge in [-0.2, -0.15) is 0 Å². The van der Waals surface area contributed by atoms with E-state index in [2.05, 4.69) is 32.9 Å². The molecule has 26 heavy (non-hydrogen) atoms. The van der Waals surface area contributed by atoms with Crippen LogP contribution in [0.15, 0.2) is 17.9 Å². The molecule has 1 aliphatic heterocycles. The summed E-state index contributed by atoms with van der Waals surface area (Å²) in [5.74, 6) is 2.21. The molecule has 1 heterocycles. The molecule has 1 saturated heterocycles. The first-order chi connectivity index (χ1) is 12.4. The summed E-state index contributed by atoms with van der Waals surface area (Å²) in [6, 6.07) is 4.27. The van der Waals surface area contributed by atoms with Crippen LogP contribution in [0.2, 0.25) is 0 Å². The van der Waals surface area contributed by atoms with E-state index < -0.39 is 11.2 Å². The number of rotatable bonds is 4. The van der Waals surface area contributed by atoms with Crippen molar-refractivity contribution in [3.63, 3.8) is 0 Å². The van der Waals surface area contributed by atoms with Crippen LogP contribution in [0.4, 0.5) is 0 Å². The summed E-state index contributed by atoms with van der Waals surface area (Å²) >= 11 is -0.761. The first-order valence-corrected chi connectivity index (χ1v) is 11.4. The number of Topliss-reactive ketones (excluding diaryl/α,β-unsaturated/α-hetero) is 1. The van der Waals surface area contributed by atoms with Crippen LogP contribution in [0.25, 0.3) is 5.57 Å². The average Bonchev–Trinajstić information content (AvgIpc) is 2.61. The second kappa shape index (κ2) is 8.18. The molecule has 0 amide bonds. The molecular weight excluding hydrogens is 344 g/mol. The highest BCUT2D eigenvalue weighted by molar-refractivity contribution is 7.91. The van der Waals surface area contributed by atoms with Crippen molar-refractivity contribution in [2.45, 2.75) is 59.3 Å². The topological polar surface area (TPSA) is 60.4 Å². The SMILES string of the molecule is CCc1cc(C)cc(CC)c1C1=C(O)CC(C2CCC[S+]([O-])C2)CC1=O. The van der Waals surface area contributed by atoms with Crippen LogP contribution in [0, 0.1) is 18.8 Å². The van der Waals surface area contributed by atoms with E-state index in [0.717, 1.165) is 48.1 Å². The number of aliphatic hydroxyl groups is 1. The van der Waals surface area contributed by atoms with Gasteiger partial charge in [0.05, 0.1) is 5.57 Å². The fraction of sp³-hybridized carbons (Fsp3) is 0.591. The largest absolute Gasteiger partial charge is 0.616 e. The van der Waals surface area contributed by atoms with Gasteiger partial charge in [0.1, 0.15) is 17.3 Å². The van der Waals surface area contributed by atoms with E-state index in [-0.39, 0.29) is 17.5 Å². The first kappa shape index (κ1) is 19.5. The Bertz CT molecular complexity index is 697. The quantitative estimate of drug-likeness (QED) is 0.788. The smallest absolute Gasteiger partial charge is 0.167 e. The van der Waals surface area contributed by atoms with E-state index in [9.17, 15) is 14.5 Å². The molecule has 3 unspecified atom stereocenters. The van der Waals surface area contributed by atoms with Crippen molar-refractivity contribution in [3.8, 4) is 0 Å². The molecule has 3 rings (SSSR count). The molecule has 1 aromatic rings. The molecule has 1 N–H and O–H groups in total. The predicted molar refractivity (Wildman–Crippen MR) is 108 cm³/mol. The lowest BCUT2D eigenvalue weighted by Crippen LogP contribution is -2.34. The number of aryl methyl sites for hydroxylation is 3. The Labute approximate surface area is 160 Å². The first-order valence-electron chi connectivity index (χ1n) is 9.87. The van der Waals surface area contributed by atoms with E-state index in [1.54, 1.807) is 0 Å². The van der Waals surface area contributed by atoms with E-state index in [0.29, 0.717) is 30.1 Å². The Balaban J connectivity index is 1.96. The number of hydrogen-bond acceptors (Lipinski definition) is 3.